The minimum atomic E-state index is -0.0762. The molecule has 0 aromatic carbocycles. The van der Waals surface area contributed by atoms with E-state index in [4.69, 9.17) is 5.11 Å². The molecule has 0 aliphatic carbocycles. The Morgan fingerprint density at radius 2 is 2.33 bits per heavy atom. The maximum Gasteiger partial charge on any atom is 0.246 e. The van der Waals surface area contributed by atoms with Crippen LogP contribution in [0, 0.1) is 0 Å². The van der Waals surface area contributed by atoms with Gasteiger partial charge in [0.05, 0.1) is 0 Å². The van der Waals surface area contributed by atoms with Gasteiger partial charge in [0.2, 0.25) is 11.7 Å². The second-order valence-electron chi connectivity index (χ2n) is 4.91. The van der Waals surface area contributed by atoms with Gasteiger partial charge in [0.15, 0.2) is 0 Å². The van der Waals surface area contributed by atoms with E-state index in [1.54, 1.807) is 16.2 Å². The van der Waals surface area contributed by atoms with E-state index in [1.807, 2.05) is 30.7 Å². The number of carbonyl (C=O) groups excluding carboxylic acids is 1. The summed E-state index contributed by atoms with van der Waals surface area (Å²) in [5.41, 5.74) is 0.902. The van der Waals surface area contributed by atoms with Crippen molar-refractivity contribution in [2.45, 2.75) is 32.9 Å². The Labute approximate surface area is 127 Å². The van der Waals surface area contributed by atoms with Crippen molar-refractivity contribution in [1.82, 2.24) is 25.1 Å². The van der Waals surface area contributed by atoms with Crippen LogP contribution in [0.2, 0.25) is 0 Å². The van der Waals surface area contributed by atoms with Crippen LogP contribution in [0.5, 0.6) is 0 Å². The number of carbonyl (C=O) groups is 1. The van der Waals surface area contributed by atoms with Gasteiger partial charge in [-0.25, -0.2) is 0 Å². The van der Waals surface area contributed by atoms with Crippen LogP contribution < -0.4 is 0 Å². The maximum atomic E-state index is 12.3. The molecular formula is C13H19N5O2S. The van der Waals surface area contributed by atoms with Crippen LogP contribution in [-0.4, -0.2) is 55.3 Å². The molecule has 0 aliphatic rings. The summed E-state index contributed by atoms with van der Waals surface area (Å²) in [5, 5.41) is 24.9. The quantitative estimate of drug-likeness (QED) is 0.825. The Hall–Kier alpha value is -1.80. The van der Waals surface area contributed by atoms with Crippen molar-refractivity contribution in [3.8, 4) is 11.4 Å². The molecule has 2 aromatic heterocycles. The normalized spacial score (nSPS) is 11.0. The lowest BCUT2D eigenvalue weighted by Crippen LogP contribution is -2.40. The van der Waals surface area contributed by atoms with E-state index in [0.717, 1.165) is 5.56 Å². The third kappa shape index (κ3) is 4.08. The molecule has 0 unspecified atom stereocenters. The Bertz CT molecular complexity index is 567. The van der Waals surface area contributed by atoms with Gasteiger partial charge in [0.1, 0.15) is 6.54 Å². The van der Waals surface area contributed by atoms with Gasteiger partial charge in [0.25, 0.3) is 0 Å². The van der Waals surface area contributed by atoms with Crippen LogP contribution in [0.1, 0.15) is 20.3 Å². The third-order valence-electron chi connectivity index (χ3n) is 3.01. The summed E-state index contributed by atoms with van der Waals surface area (Å²) in [5.74, 6) is 0.447. The lowest BCUT2D eigenvalue weighted by atomic mass is 10.3. The zero-order chi connectivity index (χ0) is 15.2. The molecule has 1 N–H and O–H groups in total. The van der Waals surface area contributed by atoms with Gasteiger partial charge in [0, 0.05) is 30.1 Å². The molecule has 0 saturated heterocycles. The Morgan fingerprint density at radius 3 is 2.95 bits per heavy atom. The minimum absolute atomic E-state index is 0.0563. The summed E-state index contributed by atoms with van der Waals surface area (Å²) >= 11 is 1.56. The van der Waals surface area contributed by atoms with E-state index < -0.39 is 0 Å². The average Bonchev–Trinajstić information content (AvgIpc) is 3.08. The van der Waals surface area contributed by atoms with Crippen molar-refractivity contribution in [3.63, 3.8) is 0 Å². The Balaban J connectivity index is 2.01. The maximum absolute atomic E-state index is 12.3. The van der Waals surface area contributed by atoms with Crippen molar-refractivity contribution in [1.29, 1.82) is 0 Å². The van der Waals surface area contributed by atoms with E-state index in [-0.39, 0.29) is 25.1 Å². The molecule has 114 valence electrons. The lowest BCUT2D eigenvalue weighted by molar-refractivity contribution is -0.134. The second kappa shape index (κ2) is 7.28. The minimum Gasteiger partial charge on any atom is -0.396 e. The molecule has 0 radical (unpaired) electrons. The predicted molar refractivity (Wildman–Crippen MR) is 79.7 cm³/mol. The first-order chi connectivity index (χ1) is 10.1. The molecule has 0 aliphatic heterocycles. The Kier molecular flexibility index (Phi) is 5.40. The SMILES string of the molecule is CC(C)N(CCCO)C(=O)Cn1nnc(-c2ccsc2)n1. The van der Waals surface area contributed by atoms with Crippen molar-refractivity contribution >= 4 is 17.2 Å². The number of amides is 1. The standard InChI is InChI=1S/C13H19N5O2S/c1-10(2)17(5-3-6-19)12(20)8-18-15-13(14-16-18)11-4-7-21-9-11/h4,7,9-10,19H,3,5-6,8H2,1-2H3. The molecule has 0 fully saturated rings. The monoisotopic (exact) mass is 309 g/mol. The van der Waals surface area contributed by atoms with Crippen LogP contribution in [0.15, 0.2) is 16.8 Å². The number of thiophene rings is 1. The first kappa shape index (κ1) is 15.6. The summed E-state index contributed by atoms with van der Waals surface area (Å²) in [6.07, 6.45) is 0.564. The number of nitrogens with zero attached hydrogens (tertiary/aromatic N) is 5. The fraction of sp³-hybridized carbons (Fsp3) is 0.538. The number of tetrazole rings is 1. The highest BCUT2D eigenvalue weighted by Crippen LogP contribution is 2.16. The number of rotatable bonds is 7. The first-order valence-electron chi connectivity index (χ1n) is 6.82. The lowest BCUT2D eigenvalue weighted by Gasteiger charge is -2.26. The average molecular weight is 309 g/mol. The molecule has 2 heterocycles. The van der Waals surface area contributed by atoms with Crippen molar-refractivity contribution in [2.75, 3.05) is 13.2 Å². The smallest absolute Gasteiger partial charge is 0.246 e. The van der Waals surface area contributed by atoms with Crippen LogP contribution in [-0.2, 0) is 11.3 Å². The largest absolute Gasteiger partial charge is 0.396 e. The molecule has 0 bridgehead atoms. The van der Waals surface area contributed by atoms with Gasteiger partial charge in [-0.2, -0.15) is 16.1 Å². The molecule has 2 aromatic rings. The van der Waals surface area contributed by atoms with E-state index in [0.29, 0.717) is 18.8 Å². The van der Waals surface area contributed by atoms with Crippen LogP contribution in [0.3, 0.4) is 0 Å². The number of aromatic nitrogens is 4. The molecule has 0 atom stereocenters. The van der Waals surface area contributed by atoms with Crippen LogP contribution >= 0.6 is 11.3 Å². The third-order valence-corrected chi connectivity index (χ3v) is 3.69. The summed E-state index contributed by atoms with van der Waals surface area (Å²) in [7, 11) is 0. The van der Waals surface area contributed by atoms with Gasteiger partial charge in [-0.1, -0.05) is 0 Å². The highest BCUT2D eigenvalue weighted by atomic mass is 32.1. The second-order valence-corrected chi connectivity index (χ2v) is 5.69. The molecule has 8 heteroatoms. The summed E-state index contributed by atoms with van der Waals surface area (Å²) in [6.45, 7) is 4.54. The van der Waals surface area contributed by atoms with Crippen molar-refractivity contribution < 1.29 is 9.90 Å². The van der Waals surface area contributed by atoms with E-state index in [1.165, 1.54) is 4.80 Å². The molecule has 0 spiro atoms. The van der Waals surface area contributed by atoms with E-state index in [2.05, 4.69) is 15.4 Å². The van der Waals surface area contributed by atoms with Gasteiger partial charge >= 0.3 is 0 Å². The predicted octanol–water partition coefficient (Wildman–Crippen LogP) is 1.02. The van der Waals surface area contributed by atoms with Crippen molar-refractivity contribution in [3.05, 3.63) is 16.8 Å². The fourth-order valence-corrected chi connectivity index (χ4v) is 2.58. The van der Waals surface area contributed by atoms with Gasteiger partial charge in [-0.15, -0.1) is 10.2 Å². The highest BCUT2D eigenvalue weighted by molar-refractivity contribution is 7.08. The van der Waals surface area contributed by atoms with Crippen molar-refractivity contribution in [2.24, 2.45) is 0 Å². The highest BCUT2D eigenvalue weighted by Gasteiger charge is 2.18. The number of aliphatic hydroxyl groups is 1. The molecular weight excluding hydrogens is 290 g/mol. The zero-order valence-corrected chi connectivity index (χ0v) is 13.0. The van der Waals surface area contributed by atoms with Gasteiger partial charge < -0.3 is 10.0 Å². The first-order valence-corrected chi connectivity index (χ1v) is 7.76. The number of aliphatic hydroxyl groups excluding tert-OH is 1. The summed E-state index contributed by atoms with van der Waals surface area (Å²) < 4.78 is 0. The number of hydrogen-bond donors (Lipinski definition) is 1. The number of hydrogen-bond acceptors (Lipinski definition) is 6. The van der Waals surface area contributed by atoms with E-state index >= 15 is 0 Å². The molecule has 1 amide bonds. The summed E-state index contributed by atoms with van der Waals surface area (Å²) in [6, 6.07) is 1.99. The topological polar surface area (TPSA) is 84.1 Å². The Morgan fingerprint density at radius 1 is 1.52 bits per heavy atom. The molecule has 0 saturated carbocycles. The fourth-order valence-electron chi connectivity index (χ4n) is 1.94. The van der Waals surface area contributed by atoms with Crippen LogP contribution in [0.25, 0.3) is 11.4 Å². The van der Waals surface area contributed by atoms with Gasteiger partial charge in [-0.3, -0.25) is 4.79 Å². The van der Waals surface area contributed by atoms with E-state index in [9.17, 15) is 4.79 Å². The van der Waals surface area contributed by atoms with Crippen LogP contribution in [0.4, 0.5) is 0 Å². The van der Waals surface area contributed by atoms with Gasteiger partial charge in [-0.05, 0) is 36.9 Å². The molecule has 7 nitrogen and oxygen atoms in total. The summed E-state index contributed by atoms with van der Waals surface area (Å²) in [4.78, 5) is 15.3. The molecule has 21 heavy (non-hydrogen) atoms. The zero-order valence-electron chi connectivity index (χ0n) is 12.1. The molecule has 2 rings (SSSR count).